The van der Waals surface area contributed by atoms with Crippen LogP contribution in [0.1, 0.15) is 29.3 Å². The van der Waals surface area contributed by atoms with Gasteiger partial charge in [-0.15, -0.1) is 0 Å². The molecular formula is C15H19N5O2. The third kappa shape index (κ3) is 3.08. The normalized spacial score (nSPS) is 13.2. The number of urea groups is 1. The molecule has 3 amide bonds. The Balaban J connectivity index is 2.34. The molecule has 0 bridgehead atoms. The number of hydrogen-bond donors (Lipinski definition) is 3. The van der Waals surface area contributed by atoms with Gasteiger partial charge < -0.3 is 16.0 Å². The van der Waals surface area contributed by atoms with Crippen molar-refractivity contribution >= 4 is 35.1 Å². The average molecular weight is 301 g/mol. The van der Waals surface area contributed by atoms with Gasteiger partial charge in [-0.05, 0) is 24.1 Å². The lowest BCUT2D eigenvalue weighted by molar-refractivity contribution is 0.0955. The second kappa shape index (κ2) is 6.30. The van der Waals surface area contributed by atoms with Gasteiger partial charge in [0.1, 0.15) is 0 Å². The van der Waals surface area contributed by atoms with Crippen LogP contribution in [-0.4, -0.2) is 36.6 Å². The quantitative estimate of drug-likeness (QED) is 0.743. The molecule has 1 heterocycles. The molecule has 0 saturated carbocycles. The van der Waals surface area contributed by atoms with Crippen molar-refractivity contribution in [3.63, 3.8) is 0 Å². The van der Waals surface area contributed by atoms with Crippen LogP contribution in [0.4, 0.5) is 16.2 Å². The molecule has 0 unspecified atom stereocenters. The minimum atomic E-state index is -0.394. The fourth-order valence-corrected chi connectivity index (χ4v) is 2.22. The first-order valence-electron chi connectivity index (χ1n) is 6.92. The highest BCUT2D eigenvalue weighted by atomic mass is 16.2. The molecular weight excluding hydrogens is 282 g/mol. The maximum atomic E-state index is 12.0. The summed E-state index contributed by atoms with van der Waals surface area (Å²) in [6.45, 7) is 6.46. The van der Waals surface area contributed by atoms with Crippen molar-refractivity contribution in [1.29, 1.82) is 0 Å². The highest BCUT2D eigenvalue weighted by Gasteiger charge is 2.20. The summed E-state index contributed by atoms with van der Waals surface area (Å²) in [6.07, 6.45) is 2.29. The summed E-state index contributed by atoms with van der Waals surface area (Å²) in [5, 5.41) is 6.49. The first-order chi connectivity index (χ1) is 10.4. The molecule has 1 aromatic rings. The molecule has 1 aliphatic heterocycles. The Morgan fingerprint density at radius 2 is 2.23 bits per heavy atom. The van der Waals surface area contributed by atoms with Crippen molar-refractivity contribution in [2.45, 2.75) is 13.3 Å². The van der Waals surface area contributed by atoms with Gasteiger partial charge in [-0.25, -0.2) is 10.2 Å². The van der Waals surface area contributed by atoms with E-state index in [2.05, 4.69) is 22.4 Å². The molecule has 0 atom stereocenters. The summed E-state index contributed by atoms with van der Waals surface area (Å²) in [7, 11) is 1.70. The van der Waals surface area contributed by atoms with Crippen LogP contribution in [0.25, 0.3) is 5.57 Å². The molecule has 0 saturated heterocycles. The molecule has 0 fully saturated rings. The molecule has 4 N–H and O–H groups in total. The van der Waals surface area contributed by atoms with E-state index >= 15 is 0 Å². The van der Waals surface area contributed by atoms with Gasteiger partial charge in [-0.2, -0.15) is 5.10 Å². The maximum absolute atomic E-state index is 12.0. The van der Waals surface area contributed by atoms with Crippen LogP contribution in [0.3, 0.4) is 0 Å². The van der Waals surface area contributed by atoms with Gasteiger partial charge in [0.15, 0.2) is 0 Å². The zero-order valence-corrected chi connectivity index (χ0v) is 12.6. The summed E-state index contributed by atoms with van der Waals surface area (Å²) in [4.78, 5) is 25.6. The van der Waals surface area contributed by atoms with E-state index < -0.39 is 5.91 Å². The SMILES string of the molecule is C=C1C=NNC(=O)c2cc(NC(=O)N(C)CCC)cc(N)c21. The fraction of sp³-hybridized carbons (Fsp3) is 0.267. The van der Waals surface area contributed by atoms with E-state index in [0.717, 1.165) is 6.42 Å². The predicted molar refractivity (Wildman–Crippen MR) is 87.8 cm³/mol. The number of carbonyl (C=O) groups excluding carboxylic acids is 2. The fourth-order valence-electron chi connectivity index (χ4n) is 2.22. The smallest absolute Gasteiger partial charge is 0.321 e. The van der Waals surface area contributed by atoms with Crippen LogP contribution < -0.4 is 16.5 Å². The first-order valence-corrected chi connectivity index (χ1v) is 6.92. The van der Waals surface area contributed by atoms with Crippen molar-refractivity contribution in [3.8, 4) is 0 Å². The van der Waals surface area contributed by atoms with E-state index in [9.17, 15) is 9.59 Å². The molecule has 0 aromatic heterocycles. The zero-order chi connectivity index (χ0) is 16.3. The van der Waals surface area contributed by atoms with Crippen molar-refractivity contribution in [2.24, 2.45) is 5.10 Å². The third-order valence-electron chi connectivity index (χ3n) is 3.28. The van der Waals surface area contributed by atoms with Gasteiger partial charge in [0.2, 0.25) is 0 Å². The largest absolute Gasteiger partial charge is 0.398 e. The molecule has 1 aromatic carbocycles. The van der Waals surface area contributed by atoms with Crippen LogP contribution in [0.15, 0.2) is 23.8 Å². The Morgan fingerprint density at radius 1 is 1.50 bits per heavy atom. The minimum Gasteiger partial charge on any atom is -0.398 e. The summed E-state index contributed by atoms with van der Waals surface area (Å²) < 4.78 is 0. The second-order valence-corrected chi connectivity index (χ2v) is 5.06. The lowest BCUT2D eigenvalue weighted by Crippen LogP contribution is -2.32. The Kier molecular flexibility index (Phi) is 4.45. The van der Waals surface area contributed by atoms with Crippen LogP contribution in [0.2, 0.25) is 0 Å². The van der Waals surface area contributed by atoms with E-state index in [1.807, 2.05) is 6.92 Å². The monoisotopic (exact) mass is 301 g/mol. The predicted octanol–water partition coefficient (Wildman–Crippen LogP) is 1.88. The minimum absolute atomic E-state index is 0.259. The summed E-state index contributed by atoms with van der Waals surface area (Å²) in [5.74, 6) is -0.394. The molecule has 1 aliphatic rings. The number of nitrogen functional groups attached to an aromatic ring is 1. The van der Waals surface area contributed by atoms with Gasteiger partial charge >= 0.3 is 6.03 Å². The Morgan fingerprint density at radius 3 is 2.91 bits per heavy atom. The summed E-state index contributed by atoms with van der Waals surface area (Å²) >= 11 is 0. The van der Waals surface area contributed by atoms with E-state index in [-0.39, 0.29) is 6.03 Å². The molecule has 0 aliphatic carbocycles. The number of hydrogen-bond acceptors (Lipinski definition) is 4. The first kappa shape index (κ1) is 15.6. The highest BCUT2D eigenvalue weighted by molar-refractivity contribution is 6.18. The van der Waals surface area contributed by atoms with E-state index in [4.69, 9.17) is 5.73 Å². The van der Waals surface area contributed by atoms with Crippen LogP contribution in [-0.2, 0) is 0 Å². The number of hydrazone groups is 1. The zero-order valence-electron chi connectivity index (χ0n) is 12.6. The number of allylic oxidation sites excluding steroid dienone is 1. The van der Waals surface area contributed by atoms with Gasteiger partial charge in [0, 0.05) is 30.5 Å². The van der Waals surface area contributed by atoms with Gasteiger partial charge in [-0.3, -0.25) is 4.79 Å². The van der Waals surface area contributed by atoms with Crippen molar-refractivity contribution in [3.05, 3.63) is 29.8 Å². The number of rotatable bonds is 3. The molecule has 116 valence electrons. The number of fused-ring (bicyclic) bond motifs is 1. The average Bonchev–Trinajstić information content (AvgIpc) is 2.59. The van der Waals surface area contributed by atoms with Gasteiger partial charge in [-0.1, -0.05) is 13.5 Å². The van der Waals surface area contributed by atoms with E-state index in [1.54, 1.807) is 24.1 Å². The number of amides is 3. The van der Waals surface area contributed by atoms with E-state index in [0.29, 0.717) is 34.6 Å². The van der Waals surface area contributed by atoms with Crippen molar-refractivity contribution in [1.82, 2.24) is 10.3 Å². The van der Waals surface area contributed by atoms with Crippen LogP contribution >= 0.6 is 0 Å². The lowest BCUT2D eigenvalue weighted by atomic mass is 9.98. The molecule has 2 rings (SSSR count). The van der Waals surface area contributed by atoms with E-state index in [1.165, 1.54) is 6.21 Å². The number of carbonyl (C=O) groups is 2. The van der Waals surface area contributed by atoms with Crippen LogP contribution in [0.5, 0.6) is 0 Å². The summed E-state index contributed by atoms with van der Waals surface area (Å²) in [5.41, 5.74) is 10.6. The standard InChI is InChI=1S/C15H19N5O2/c1-4-5-20(3)15(22)18-10-6-11-13(12(16)7-10)9(2)8-17-19-14(11)21/h6-8H,2,4-5,16H2,1,3H3,(H,18,22)(H,19,21). The molecule has 7 nitrogen and oxygen atoms in total. The molecule has 7 heteroatoms. The number of benzene rings is 1. The van der Waals surface area contributed by atoms with Crippen molar-refractivity contribution in [2.75, 3.05) is 24.6 Å². The Bertz CT molecular complexity index is 666. The topological polar surface area (TPSA) is 99.8 Å². The number of nitrogens with one attached hydrogen (secondary N) is 2. The number of nitrogens with two attached hydrogens (primary N) is 1. The van der Waals surface area contributed by atoms with Crippen molar-refractivity contribution < 1.29 is 9.59 Å². The molecule has 0 radical (unpaired) electrons. The number of anilines is 2. The van der Waals surface area contributed by atoms with Gasteiger partial charge in [0.25, 0.3) is 5.91 Å². The molecule has 0 spiro atoms. The molecule has 22 heavy (non-hydrogen) atoms. The van der Waals surface area contributed by atoms with Crippen LogP contribution in [0, 0.1) is 0 Å². The highest BCUT2D eigenvalue weighted by Crippen LogP contribution is 2.29. The third-order valence-corrected chi connectivity index (χ3v) is 3.28. The Labute approximate surface area is 128 Å². The van der Waals surface area contributed by atoms with Gasteiger partial charge in [0.05, 0.1) is 11.8 Å². The number of nitrogens with zero attached hydrogens (tertiary/aromatic N) is 2. The summed E-state index contributed by atoms with van der Waals surface area (Å²) in [6, 6.07) is 2.91. The lowest BCUT2D eigenvalue weighted by Gasteiger charge is -2.18. The second-order valence-electron chi connectivity index (χ2n) is 5.06. The maximum Gasteiger partial charge on any atom is 0.321 e. The Hall–Kier alpha value is -2.83.